The van der Waals surface area contributed by atoms with E-state index in [1.54, 1.807) is 12.1 Å². The van der Waals surface area contributed by atoms with Crippen LogP contribution in [0, 0.1) is 5.82 Å². The Balaban J connectivity index is 0.00000420. The smallest absolute Gasteiger partial charge is 0.224 e. The Labute approximate surface area is 193 Å². The maximum absolute atomic E-state index is 13.2. The van der Waals surface area contributed by atoms with Crippen molar-refractivity contribution in [2.45, 2.75) is 19.9 Å². The topological polar surface area (TPSA) is 61.7 Å². The minimum atomic E-state index is -0.340. The lowest BCUT2D eigenvalue weighted by atomic mass is 10.1. The maximum Gasteiger partial charge on any atom is 0.224 e. The van der Waals surface area contributed by atoms with Crippen molar-refractivity contribution in [3.63, 3.8) is 0 Å². The lowest BCUT2D eigenvalue weighted by Gasteiger charge is -2.22. The molecule has 0 aliphatic carbocycles. The summed E-state index contributed by atoms with van der Waals surface area (Å²) in [5, 5.41) is 6.76. The van der Waals surface area contributed by atoms with Crippen molar-refractivity contribution < 1.29 is 9.18 Å². The van der Waals surface area contributed by atoms with Gasteiger partial charge in [-0.3, -0.25) is 9.79 Å². The van der Waals surface area contributed by atoms with Gasteiger partial charge >= 0.3 is 0 Å². The number of guanidine groups is 1. The number of benzene rings is 1. The van der Waals surface area contributed by atoms with Crippen LogP contribution < -0.4 is 10.6 Å². The molecule has 0 aliphatic heterocycles. The number of carbonyl (C=O) groups is 1. The van der Waals surface area contributed by atoms with Crippen LogP contribution in [0.4, 0.5) is 4.39 Å². The molecule has 29 heavy (non-hydrogen) atoms. The highest BCUT2D eigenvalue weighted by Gasteiger charge is 2.10. The number of rotatable bonds is 8. The van der Waals surface area contributed by atoms with Crippen molar-refractivity contribution in [1.29, 1.82) is 0 Å². The largest absolute Gasteiger partial charge is 0.357 e. The van der Waals surface area contributed by atoms with E-state index in [1.165, 1.54) is 12.1 Å². The van der Waals surface area contributed by atoms with Crippen molar-refractivity contribution in [3.8, 4) is 0 Å². The molecule has 1 amide bonds. The van der Waals surface area contributed by atoms with E-state index in [9.17, 15) is 9.18 Å². The Hall–Kier alpha value is -1.81. The number of nitrogens with zero attached hydrogens (tertiary/aromatic N) is 3. The molecule has 0 aliphatic rings. The summed E-state index contributed by atoms with van der Waals surface area (Å²) in [6.07, 6.45) is 2.01. The molecule has 6 nitrogen and oxygen atoms in total. The Morgan fingerprint density at radius 3 is 2.69 bits per heavy atom. The number of hydrogen-bond acceptors (Lipinski definition) is 2. The van der Waals surface area contributed by atoms with Crippen LogP contribution in [0.3, 0.4) is 0 Å². The summed E-state index contributed by atoms with van der Waals surface area (Å²) in [6.45, 7) is 4.25. The third-order valence-electron chi connectivity index (χ3n) is 4.12. The third kappa shape index (κ3) is 8.61. The minimum absolute atomic E-state index is 0. The summed E-state index contributed by atoms with van der Waals surface area (Å²) in [6, 6.07) is 7.98. The lowest BCUT2D eigenvalue weighted by Crippen LogP contribution is -2.39. The molecule has 1 aromatic carbocycles. The maximum atomic E-state index is 13.2. The highest BCUT2D eigenvalue weighted by molar-refractivity contribution is 14.0. The van der Waals surface area contributed by atoms with E-state index in [4.69, 9.17) is 11.6 Å². The molecule has 1 aromatic heterocycles. The number of aliphatic imine (C=N–C) groups is 1. The van der Waals surface area contributed by atoms with Crippen LogP contribution in [0.25, 0.3) is 0 Å². The molecule has 0 atom stereocenters. The second-order valence-electron chi connectivity index (χ2n) is 6.51. The molecule has 0 bridgehead atoms. The van der Waals surface area contributed by atoms with Gasteiger partial charge in [0.1, 0.15) is 5.82 Å². The van der Waals surface area contributed by atoms with Gasteiger partial charge in [-0.1, -0.05) is 23.7 Å². The molecule has 2 N–H and O–H groups in total. The molecule has 160 valence electrons. The summed E-state index contributed by atoms with van der Waals surface area (Å²) in [5.41, 5.74) is 1.72. The summed E-state index contributed by atoms with van der Waals surface area (Å²) in [5.74, 6) is 0.254. The summed E-state index contributed by atoms with van der Waals surface area (Å²) >= 11 is 6.04. The van der Waals surface area contributed by atoms with Crippen molar-refractivity contribution in [3.05, 3.63) is 58.6 Å². The zero-order chi connectivity index (χ0) is 20.5. The van der Waals surface area contributed by atoms with E-state index in [2.05, 4.69) is 15.6 Å². The molecule has 1 heterocycles. The van der Waals surface area contributed by atoms with Crippen LogP contribution in [-0.2, 0) is 24.8 Å². The SMILES string of the molecule is CCNC(=NCCNC(=O)Cc1cccc(F)c1)N(C)Cc1cc(Cl)cn1C.I. The quantitative estimate of drug-likeness (QED) is 0.236. The van der Waals surface area contributed by atoms with E-state index in [0.717, 1.165) is 18.2 Å². The Kier molecular flexibility index (Phi) is 11.0. The standard InChI is InChI=1S/C20H27ClFN5O.HI/c1-4-23-20(27(3)14-18-12-16(21)13-26(18)2)25-9-8-24-19(28)11-15-6-5-7-17(22)10-15;/h5-7,10,12-13H,4,8-9,11,14H2,1-3H3,(H,23,25)(H,24,28);1H. The van der Waals surface area contributed by atoms with Gasteiger partial charge in [-0.25, -0.2) is 4.39 Å². The number of nitrogens with one attached hydrogen (secondary N) is 2. The zero-order valence-electron chi connectivity index (χ0n) is 16.9. The zero-order valence-corrected chi connectivity index (χ0v) is 20.0. The van der Waals surface area contributed by atoms with Gasteiger partial charge in [-0.15, -0.1) is 24.0 Å². The highest BCUT2D eigenvalue weighted by Crippen LogP contribution is 2.14. The van der Waals surface area contributed by atoms with Gasteiger partial charge in [-0.2, -0.15) is 0 Å². The van der Waals surface area contributed by atoms with Gasteiger partial charge in [0.05, 0.1) is 24.5 Å². The van der Waals surface area contributed by atoms with E-state index in [-0.39, 0.29) is 42.1 Å². The van der Waals surface area contributed by atoms with Crippen molar-refractivity contribution in [2.24, 2.45) is 12.0 Å². The van der Waals surface area contributed by atoms with Gasteiger partial charge in [0.15, 0.2) is 5.96 Å². The Morgan fingerprint density at radius 1 is 1.31 bits per heavy atom. The number of halogens is 3. The average Bonchev–Trinajstić information content (AvgIpc) is 2.94. The fraction of sp³-hybridized carbons (Fsp3) is 0.400. The van der Waals surface area contributed by atoms with Crippen LogP contribution in [0.2, 0.25) is 5.02 Å². The average molecular weight is 536 g/mol. The van der Waals surface area contributed by atoms with Crippen LogP contribution in [0.1, 0.15) is 18.2 Å². The Morgan fingerprint density at radius 2 is 2.07 bits per heavy atom. The van der Waals surface area contributed by atoms with Gasteiger partial charge in [-0.05, 0) is 30.7 Å². The van der Waals surface area contributed by atoms with E-state index < -0.39 is 0 Å². The monoisotopic (exact) mass is 535 g/mol. The fourth-order valence-corrected chi connectivity index (χ4v) is 3.04. The number of hydrogen-bond donors (Lipinski definition) is 2. The van der Waals surface area contributed by atoms with Crippen LogP contribution in [0.15, 0.2) is 41.5 Å². The third-order valence-corrected chi connectivity index (χ3v) is 4.33. The van der Waals surface area contributed by atoms with E-state index in [0.29, 0.717) is 30.2 Å². The number of aromatic nitrogens is 1. The van der Waals surface area contributed by atoms with Crippen molar-refractivity contribution in [2.75, 3.05) is 26.7 Å². The predicted octanol–water partition coefficient (Wildman–Crippen LogP) is 3.19. The normalized spacial score (nSPS) is 11.0. The Bertz CT molecular complexity index is 827. The first-order chi connectivity index (χ1) is 13.4. The molecule has 0 radical (unpaired) electrons. The van der Waals surface area contributed by atoms with Crippen LogP contribution >= 0.6 is 35.6 Å². The first-order valence-electron chi connectivity index (χ1n) is 9.20. The number of amides is 1. The molecule has 0 saturated carbocycles. The predicted molar refractivity (Wildman–Crippen MR) is 126 cm³/mol. The van der Waals surface area contributed by atoms with Crippen molar-refractivity contribution in [1.82, 2.24) is 20.1 Å². The highest BCUT2D eigenvalue weighted by atomic mass is 127. The summed E-state index contributed by atoms with van der Waals surface area (Å²) < 4.78 is 15.2. The van der Waals surface area contributed by atoms with Gasteiger partial charge in [0.2, 0.25) is 5.91 Å². The minimum Gasteiger partial charge on any atom is -0.357 e. The molecule has 2 rings (SSSR count). The lowest BCUT2D eigenvalue weighted by molar-refractivity contribution is -0.120. The van der Waals surface area contributed by atoms with Gasteiger partial charge < -0.3 is 20.1 Å². The molecule has 0 spiro atoms. The van der Waals surface area contributed by atoms with Gasteiger partial charge in [0.25, 0.3) is 0 Å². The van der Waals surface area contributed by atoms with E-state index >= 15 is 0 Å². The van der Waals surface area contributed by atoms with Crippen LogP contribution in [0.5, 0.6) is 0 Å². The fourth-order valence-electron chi connectivity index (χ4n) is 2.76. The molecular weight excluding hydrogens is 508 g/mol. The molecule has 9 heteroatoms. The molecule has 0 saturated heterocycles. The van der Waals surface area contributed by atoms with Crippen molar-refractivity contribution >= 4 is 47.4 Å². The first kappa shape index (κ1) is 25.2. The van der Waals surface area contributed by atoms with Gasteiger partial charge in [0, 0.05) is 39.1 Å². The number of carbonyl (C=O) groups excluding carboxylic acids is 1. The molecule has 2 aromatic rings. The first-order valence-corrected chi connectivity index (χ1v) is 9.58. The number of aryl methyl sites for hydroxylation is 1. The second-order valence-corrected chi connectivity index (χ2v) is 6.95. The van der Waals surface area contributed by atoms with E-state index in [1.807, 2.05) is 42.7 Å². The molecule has 0 unspecified atom stereocenters. The molecule has 0 fully saturated rings. The summed E-state index contributed by atoms with van der Waals surface area (Å²) in [4.78, 5) is 18.5. The molecular formula is C20H28ClFIN5O. The second kappa shape index (κ2) is 12.7. The van der Waals surface area contributed by atoms with Crippen LogP contribution in [-0.4, -0.2) is 48.0 Å². The summed E-state index contributed by atoms with van der Waals surface area (Å²) in [7, 11) is 3.90.